The zero-order chi connectivity index (χ0) is 25.6. The van der Waals surface area contributed by atoms with Crippen LogP contribution in [-0.2, 0) is 14.8 Å². The Morgan fingerprint density at radius 1 is 0.972 bits per heavy atom. The van der Waals surface area contributed by atoms with Gasteiger partial charge in [-0.15, -0.1) is 11.3 Å². The van der Waals surface area contributed by atoms with E-state index >= 15 is 0 Å². The van der Waals surface area contributed by atoms with Crippen molar-refractivity contribution in [1.82, 2.24) is 9.71 Å². The van der Waals surface area contributed by atoms with Gasteiger partial charge < -0.3 is 9.52 Å². The molecule has 0 amide bonds. The molecule has 0 saturated heterocycles. The Kier molecular flexibility index (Phi) is 6.15. The van der Waals surface area contributed by atoms with Gasteiger partial charge >= 0.3 is 5.97 Å². The normalized spacial score (nSPS) is 13.0. The number of hydrogen-bond donors (Lipinski definition) is 2. The lowest BCUT2D eigenvalue weighted by atomic mass is 10.1. The molecule has 5 rings (SSSR count). The molecule has 2 heterocycles. The summed E-state index contributed by atoms with van der Waals surface area (Å²) in [6.07, 6.45) is 0. The topological polar surface area (TPSA) is 110 Å². The number of aromatic nitrogens is 1. The average molecular weight is 521 g/mol. The molecule has 5 aromatic rings. The number of carbonyl (C=O) groups is 1. The van der Waals surface area contributed by atoms with Gasteiger partial charge in [0, 0.05) is 16.3 Å². The van der Waals surface area contributed by atoms with Gasteiger partial charge in [-0.05, 0) is 48.7 Å². The minimum Gasteiger partial charge on any atom is -0.480 e. The molecule has 0 radical (unpaired) electrons. The summed E-state index contributed by atoms with van der Waals surface area (Å²) in [4.78, 5) is 17.3. The first kappa shape index (κ1) is 24.2. The second-order valence-corrected chi connectivity index (χ2v) is 11.7. The fourth-order valence-electron chi connectivity index (χ4n) is 4.14. The van der Waals surface area contributed by atoms with Crippen LogP contribution in [0.4, 0.5) is 0 Å². The Labute approximate surface area is 212 Å². The molecule has 0 bridgehead atoms. The first-order valence-corrected chi connectivity index (χ1v) is 13.7. The number of nitrogens with one attached hydrogen (secondary N) is 1. The maximum atomic E-state index is 12.9. The molecule has 36 heavy (non-hydrogen) atoms. The monoisotopic (exact) mass is 520 g/mol. The maximum absolute atomic E-state index is 12.9. The van der Waals surface area contributed by atoms with E-state index in [0.717, 1.165) is 32.1 Å². The van der Waals surface area contributed by atoms with Crippen LogP contribution in [0.25, 0.3) is 43.0 Å². The zero-order valence-corrected chi connectivity index (χ0v) is 21.5. The summed E-state index contributed by atoms with van der Waals surface area (Å²) in [5.41, 5.74) is 4.13. The third-order valence-corrected chi connectivity index (χ3v) is 8.74. The lowest BCUT2D eigenvalue weighted by molar-refractivity contribution is -0.140. The number of carboxylic acid groups (broad SMARTS) is 1. The van der Waals surface area contributed by atoms with Crippen LogP contribution < -0.4 is 4.72 Å². The van der Waals surface area contributed by atoms with E-state index in [9.17, 15) is 18.3 Å². The molecule has 1 atom stereocenters. The van der Waals surface area contributed by atoms with Crippen molar-refractivity contribution in [2.45, 2.75) is 31.7 Å². The van der Waals surface area contributed by atoms with Crippen LogP contribution in [0.3, 0.4) is 0 Å². The van der Waals surface area contributed by atoms with Crippen LogP contribution in [0.2, 0.25) is 0 Å². The number of furan rings is 1. The van der Waals surface area contributed by atoms with Crippen molar-refractivity contribution in [3.63, 3.8) is 0 Å². The smallest absolute Gasteiger partial charge is 0.322 e. The summed E-state index contributed by atoms with van der Waals surface area (Å²) in [6.45, 7) is 5.28. The van der Waals surface area contributed by atoms with Gasteiger partial charge in [0.1, 0.15) is 22.2 Å². The SMILES string of the molecule is Cc1nc(-c2ccccc2)sc1-c1ccc2c(c1)oc1ccc(S(=O)(=O)N[C@@H](C(=O)O)C(C)C)cc12. The summed E-state index contributed by atoms with van der Waals surface area (Å²) in [5.74, 6) is -1.63. The van der Waals surface area contributed by atoms with Gasteiger partial charge in [0.2, 0.25) is 10.0 Å². The molecule has 0 aliphatic heterocycles. The van der Waals surface area contributed by atoms with Crippen LogP contribution in [0.15, 0.2) is 76.0 Å². The number of benzene rings is 3. The van der Waals surface area contributed by atoms with Crippen molar-refractivity contribution < 1.29 is 22.7 Å². The Morgan fingerprint density at radius 2 is 1.72 bits per heavy atom. The van der Waals surface area contributed by atoms with Gasteiger partial charge in [0.25, 0.3) is 0 Å². The van der Waals surface area contributed by atoms with Gasteiger partial charge in [-0.1, -0.05) is 50.2 Å². The van der Waals surface area contributed by atoms with Crippen LogP contribution >= 0.6 is 11.3 Å². The molecule has 0 saturated carbocycles. The quantitative estimate of drug-likeness (QED) is 0.269. The molecule has 0 aliphatic carbocycles. The second kappa shape index (κ2) is 9.16. The number of hydrogen-bond acceptors (Lipinski definition) is 6. The van der Waals surface area contributed by atoms with Gasteiger partial charge in [-0.3, -0.25) is 4.79 Å². The summed E-state index contributed by atoms with van der Waals surface area (Å²) in [6, 6.07) is 19.2. The molecule has 2 aromatic heterocycles. The Bertz CT molecular complexity index is 1700. The first-order chi connectivity index (χ1) is 17.1. The van der Waals surface area contributed by atoms with Crippen LogP contribution in [0.1, 0.15) is 19.5 Å². The van der Waals surface area contributed by atoms with Gasteiger partial charge in [-0.25, -0.2) is 13.4 Å². The van der Waals surface area contributed by atoms with E-state index in [0.29, 0.717) is 16.6 Å². The molecule has 3 aromatic carbocycles. The van der Waals surface area contributed by atoms with E-state index < -0.39 is 28.0 Å². The van der Waals surface area contributed by atoms with Gasteiger partial charge in [-0.2, -0.15) is 4.72 Å². The lowest BCUT2D eigenvalue weighted by Gasteiger charge is -2.17. The highest BCUT2D eigenvalue weighted by Gasteiger charge is 2.28. The molecule has 2 N–H and O–H groups in total. The van der Waals surface area contributed by atoms with Gasteiger partial charge in [0.15, 0.2) is 0 Å². The number of fused-ring (bicyclic) bond motifs is 3. The minimum absolute atomic E-state index is 0.0144. The predicted molar refractivity (Wildman–Crippen MR) is 142 cm³/mol. The number of nitrogens with zero attached hydrogens (tertiary/aromatic N) is 1. The Balaban J connectivity index is 1.53. The van der Waals surface area contributed by atoms with E-state index in [2.05, 4.69) is 4.72 Å². The number of aliphatic carboxylic acids is 1. The summed E-state index contributed by atoms with van der Waals surface area (Å²) in [7, 11) is -4.05. The number of sulfonamides is 1. The van der Waals surface area contributed by atoms with E-state index in [1.54, 1.807) is 31.3 Å². The lowest BCUT2D eigenvalue weighted by Crippen LogP contribution is -2.44. The Hall–Kier alpha value is -3.53. The van der Waals surface area contributed by atoms with Crippen molar-refractivity contribution in [2.75, 3.05) is 0 Å². The molecule has 184 valence electrons. The van der Waals surface area contributed by atoms with Crippen LogP contribution in [0.5, 0.6) is 0 Å². The third-order valence-electron chi connectivity index (χ3n) is 6.05. The van der Waals surface area contributed by atoms with Gasteiger partial charge in [0.05, 0.1) is 15.5 Å². The molecule has 0 aliphatic rings. The maximum Gasteiger partial charge on any atom is 0.322 e. The standard InChI is InChI=1S/C27H24N2O5S2/c1-15(2)24(27(30)31)29-36(32,33)19-10-12-22-21(14-19)20-11-9-18(13-23(20)34-22)25-16(3)28-26(35-25)17-7-5-4-6-8-17/h4-15,24,29H,1-3H3,(H,30,31)/t24-/m1/s1. The first-order valence-electron chi connectivity index (χ1n) is 11.4. The van der Waals surface area contributed by atoms with Crippen molar-refractivity contribution in [3.8, 4) is 21.0 Å². The minimum atomic E-state index is -4.05. The third kappa shape index (κ3) is 4.41. The number of rotatable bonds is 7. The van der Waals surface area contributed by atoms with E-state index in [1.807, 2.05) is 55.5 Å². The van der Waals surface area contributed by atoms with E-state index in [1.165, 1.54) is 12.1 Å². The molecule has 9 heteroatoms. The fourth-order valence-corrected chi connectivity index (χ4v) is 6.57. The molecular weight excluding hydrogens is 496 g/mol. The second-order valence-electron chi connectivity index (χ2n) is 8.95. The average Bonchev–Trinajstić information content (AvgIpc) is 3.42. The highest BCUT2D eigenvalue weighted by molar-refractivity contribution is 7.89. The highest BCUT2D eigenvalue weighted by Crippen LogP contribution is 2.38. The molecular formula is C27H24N2O5S2. The fraction of sp³-hybridized carbons (Fsp3) is 0.185. The van der Waals surface area contributed by atoms with Crippen LogP contribution in [0, 0.1) is 12.8 Å². The van der Waals surface area contributed by atoms with E-state index in [4.69, 9.17) is 9.40 Å². The zero-order valence-electron chi connectivity index (χ0n) is 19.8. The highest BCUT2D eigenvalue weighted by atomic mass is 32.2. The van der Waals surface area contributed by atoms with Crippen LogP contribution in [-0.4, -0.2) is 30.5 Å². The number of aryl methyl sites for hydroxylation is 1. The molecule has 0 spiro atoms. The van der Waals surface area contributed by atoms with Crippen molar-refractivity contribution in [3.05, 3.63) is 72.4 Å². The summed E-state index contributed by atoms with van der Waals surface area (Å²) in [5, 5.41) is 11.7. The van der Waals surface area contributed by atoms with Crippen molar-refractivity contribution in [1.29, 1.82) is 0 Å². The van der Waals surface area contributed by atoms with E-state index in [-0.39, 0.29) is 4.90 Å². The molecule has 0 fully saturated rings. The summed E-state index contributed by atoms with van der Waals surface area (Å²) >= 11 is 1.61. The van der Waals surface area contributed by atoms with Crippen molar-refractivity contribution in [2.24, 2.45) is 5.92 Å². The molecule has 7 nitrogen and oxygen atoms in total. The molecule has 0 unspecified atom stereocenters. The number of carboxylic acids is 1. The number of thiazole rings is 1. The summed E-state index contributed by atoms with van der Waals surface area (Å²) < 4.78 is 34.2. The Morgan fingerprint density at radius 3 is 2.42 bits per heavy atom. The predicted octanol–water partition coefficient (Wildman–Crippen LogP) is 6.07. The largest absolute Gasteiger partial charge is 0.480 e. The van der Waals surface area contributed by atoms with Crippen molar-refractivity contribution >= 4 is 49.3 Å².